The van der Waals surface area contributed by atoms with Crippen LogP contribution in [0.2, 0.25) is 0 Å². The lowest BCUT2D eigenvalue weighted by molar-refractivity contribution is -0.203. The van der Waals surface area contributed by atoms with Crippen molar-refractivity contribution in [3.63, 3.8) is 0 Å². The largest absolute Gasteiger partial charge is 0.393 e. The quantitative estimate of drug-likeness (QED) is 0.225. The van der Waals surface area contributed by atoms with Crippen LogP contribution in [0.4, 0.5) is 13.2 Å². The summed E-state index contributed by atoms with van der Waals surface area (Å²) >= 11 is 0. The van der Waals surface area contributed by atoms with Crippen molar-refractivity contribution in [2.45, 2.75) is 148 Å². The van der Waals surface area contributed by atoms with Crippen molar-refractivity contribution in [1.29, 1.82) is 0 Å². The van der Waals surface area contributed by atoms with Crippen LogP contribution in [0.15, 0.2) is 12.2 Å². The van der Waals surface area contributed by atoms with E-state index < -0.39 is 18.2 Å². The van der Waals surface area contributed by atoms with E-state index in [-0.39, 0.29) is 24.3 Å². The van der Waals surface area contributed by atoms with E-state index in [0.29, 0.717) is 36.4 Å². The molecule has 49 heavy (non-hydrogen) atoms. The molecule has 0 bridgehead atoms. The highest BCUT2D eigenvalue weighted by atomic mass is 19.4. The van der Waals surface area contributed by atoms with Crippen molar-refractivity contribution in [3.05, 3.63) is 12.2 Å². The average molecular weight is 694 g/mol. The summed E-state index contributed by atoms with van der Waals surface area (Å²) in [5.74, 6) is 3.73. The van der Waals surface area contributed by atoms with Gasteiger partial charge in [-0.15, -0.1) is 0 Å². The number of alkyl halides is 3. The maximum atomic E-state index is 14.4. The predicted molar refractivity (Wildman–Crippen MR) is 192 cm³/mol. The van der Waals surface area contributed by atoms with Gasteiger partial charge >= 0.3 is 6.18 Å². The fourth-order valence-corrected chi connectivity index (χ4v) is 11.9. The summed E-state index contributed by atoms with van der Waals surface area (Å²) in [4.78, 5) is 5.02. The standard InChI is InChI=1S/C41H70F3N3O2/c1-5-29-15-19-46(20-16-29)38-12-7-30(23-37(38)41(42,43)44)8-13-39(48)32-9-6-27(2)36(25-32)40-45-18-14-35-11-10-33(26-47(35)40)34-22-28(3)31(24-34)17-21-49-4/h8,13,27-40,45,48H,5-7,9-12,14-26H2,1-4H3. The van der Waals surface area contributed by atoms with Crippen molar-refractivity contribution >= 4 is 0 Å². The number of likely N-dealkylation sites (tertiary alicyclic amines) is 1. The molecule has 6 fully saturated rings. The smallest absolute Gasteiger partial charge is 0.389 e. The molecule has 0 radical (unpaired) electrons. The third-order valence-corrected chi connectivity index (χ3v) is 15.2. The molecule has 2 N–H and O–H groups in total. The first-order valence-corrected chi connectivity index (χ1v) is 20.7. The monoisotopic (exact) mass is 694 g/mol. The van der Waals surface area contributed by atoms with Crippen LogP contribution in [0.3, 0.4) is 0 Å². The predicted octanol–water partition coefficient (Wildman–Crippen LogP) is 8.52. The molecule has 0 aromatic heterocycles. The molecule has 0 aromatic rings. The zero-order chi connectivity index (χ0) is 34.7. The van der Waals surface area contributed by atoms with E-state index in [1.807, 2.05) is 19.3 Å². The minimum absolute atomic E-state index is 0.109. The van der Waals surface area contributed by atoms with Crippen LogP contribution in [0.25, 0.3) is 0 Å². The summed E-state index contributed by atoms with van der Waals surface area (Å²) in [6.45, 7) is 11.8. The van der Waals surface area contributed by atoms with E-state index in [9.17, 15) is 18.3 Å². The number of aliphatic hydroxyl groups excluding tert-OH is 1. The van der Waals surface area contributed by atoms with Crippen LogP contribution in [-0.4, -0.2) is 85.3 Å². The molecule has 13 unspecified atom stereocenters. The van der Waals surface area contributed by atoms with E-state index in [4.69, 9.17) is 4.74 Å². The van der Waals surface area contributed by atoms with Gasteiger partial charge in [0, 0.05) is 32.3 Å². The Morgan fingerprint density at radius 3 is 2.43 bits per heavy atom. The molecule has 3 aliphatic heterocycles. The zero-order valence-corrected chi connectivity index (χ0v) is 31.3. The van der Waals surface area contributed by atoms with Gasteiger partial charge in [-0.1, -0.05) is 39.3 Å². The lowest BCUT2D eigenvalue weighted by Crippen LogP contribution is -2.63. The minimum Gasteiger partial charge on any atom is -0.389 e. The first kappa shape index (κ1) is 38.1. The van der Waals surface area contributed by atoms with E-state index in [1.54, 1.807) is 0 Å². The Morgan fingerprint density at radius 1 is 0.898 bits per heavy atom. The van der Waals surface area contributed by atoms with Gasteiger partial charge in [0.1, 0.15) is 0 Å². The van der Waals surface area contributed by atoms with Gasteiger partial charge in [0.25, 0.3) is 0 Å². The lowest BCUT2D eigenvalue weighted by atomic mass is 9.69. The molecule has 0 spiro atoms. The van der Waals surface area contributed by atoms with Crippen LogP contribution >= 0.6 is 0 Å². The number of piperidine rings is 2. The van der Waals surface area contributed by atoms with Crippen LogP contribution < -0.4 is 5.32 Å². The summed E-state index contributed by atoms with van der Waals surface area (Å²) in [6.07, 6.45) is 15.1. The van der Waals surface area contributed by atoms with E-state index in [1.165, 1.54) is 45.1 Å². The van der Waals surface area contributed by atoms with Gasteiger partial charge in [-0.05, 0) is 163 Å². The second-order valence-electron chi connectivity index (χ2n) is 17.9. The van der Waals surface area contributed by atoms with Gasteiger partial charge in [0.05, 0.1) is 18.2 Å². The number of halogens is 3. The maximum Gasteiger partial charge on any atom is 0.393 e. The Hall–Kier alpha value is -0.670. The number of aliphatic hydroxyl groups is 1. The Kier molecular flexibility index (Phi) is 13.2. The summed E-state index contributed by atoms with van der Waals surface area (Å²) in [5.41, 5.74) is 0. The van der Waals surface area contributed by atoms with Crippen LogP contribution in [0, 0.1) is 59.2 Å². The minimum atomic E-state index is -4.18. The Morgan fingerprint density at radius 2 is 1.69 bits per heavy atom. The molecule has 3 saturated heterocycles. The number of rotatable bonds is 10. The molecule has 282 valence electrons. The van der Waals surface area contributed by atoms with Crippen molar-refractivity contribution in [2.75, 3.05) is 39.9 Å². The summed E-state index contributed by atoms with van der Waals surface area (Å²) < 4.78 is 48.6. The number of methoxy groups -OCH3 is 1. The molecule has 3 heterocycles. The molecule has 5 nitrogen and oxygen atoms in total. The number of ether oxygens (including phenoxy) is 1. The summed E-state index contributed by atoms with van der Waals surface area (Å²) in [6, 6.07) is 0.279. The van der Waals surface area contributed by atoms with E-state index in [2.05, 4.69) is 35.9 Å². The van der Waals surface area contributed by atoms with Crippen LogP contribution in [-0.2, 0) is 4.74 Å². The Labute approximate surface area is 296 Å². The number of hydrogen-bond donors (Lipinski definition) is 2. The summed E-state index contributed by atoms with van der Waals surface area (Å²) in [7, 11) is 1.82. The van der Waals surface area contributed by atoms with Crippen molar-refractivity contribution in [1.82, 2.24) is 15.1 Å². The van der Waals surface area contributed by atoms with Gasteiger partial charge in [-0.25, -0.2) is 0 Å². The molecule has 3 saturated carbocycles. The number of nitrogens with one attached hydrogen (secondary N) is 1. The highest BCUT2D eigenvalue weighted by Gasteiger charge is 2.50. The average Bonchev–Trinajstić information content (AvgIpc) is 3.48. The van der Waals surface area contributed by atoms with Crippen LogP contribution in [0.1, 0.15) is 117 Å². The molecule has 13 atom stereocenters. The van der Waals surface area contributed by atoms with Gasteiger partial charge in [0.15, 0.2) is 0 Å². The molecule has 3 aliphatic carbocycles. The molecule has 0 amide bonds. The molecule has 0 aromatic carbocycles. The second kappa shape index (κ2) is 17.0. The van der Waals surface area contributed by atoms with E-state index in [0.717, 1.165) is 94.9 Å². The molecule has 6 rings (SSSR count). The highest BCUT2D eigenvalue weighted by Crippen LogP contribution is 2.48. The topological polar surface area (TPSA) is 48.0 Å². The number of fused-ring (bicyclic) bond motifs is 1. The van der Waals surface area contributed by atoms with Gasteiger partial charge in [0.2, 0.25) is 0 Å². The van der Waals surface area contributed by atoms with Crippen molar-refractivity contribution < 1.29 is 23.0 Å². The van der Waals surface area contributed by atoms with E-state index >= 15 is 0 Å². The number of nitrogens with zero attached hydrogens (tertiary/aromatic N) is 2. The van der Waals surface area contributed by atoms with Crippen molar-refractivity contribution in [2.24, 2.45) is 59.2 Å². The first-order chi connectivity index (χ1) is 23.5. The SMILES string of the molecule is CCC1CCN(C2CCC(C=CC(O)C3CCC(C)C(C4NCCC5CCC(C6CC(C)C(CCOC)C6)CN54)C3)CC2C(F)(F)F)CC1. The molecule has 8 heteroatoms. The van der Waals surface area contributed by atoms with Crippen LogP contribution in [0.5, 0.6) is 0 Å². The van der Waals surface area contributed by atoms with Gasteiger partial charge in [-0.2, -0.15) is 13.2 Å². The molecular formula is C41H70F3N3O2. The lowest BCUT2D eigenvalue weighted by Gasteiger charge is -2.53. The number of hydrogen-bond acceptors (Lipinski definition) is 5. The van der Waals surface area contributed by atoms with Gasteiger partial charge < -0.3 is 15.2 Å². The van der Waals surface area contributed by atoms with Crippen molar-refractivity contribution in [3.8, 4) is 0 Å². The Balaban J connectivity index is 1.05. The first-order valence-electron chi connectivity index (χ1n) is 20.7. The fraction of sp³-hybridized carbons (Fsp3) is 0.951. The zero-order valence-electron chi connectivity index (χ0n) is 31.3. The Bertz CT molecular complexity index is 1050. The summed E-state index contributed by atoms with van der Waals surface area (Å²) in [5, 5.41) is 15.5. The molecule has 6 aliphatic rings. The normalized spacial score (nSPS) is 42.8. The van der Waals surface area contributed by atoms with Gasteiger partial charge in [-0.3, -0.25) is 9.80 Å². The third-order valence-electron chi connectivity index (χ3n) is 15.2. The fourth-order valence-electron chi connectivity index (χ4n) is 11.9. The third kappa shape index (κ3) is 9.11. The second-order valence-corrected chi connectivity index (χ2v) is 17.9. The molecular weight excluding hydrogens is 623 g/mol. The maximum absolute atomic E-state index is 14.4. The number of allylic oxidation sites excluding steroid dienone is 1. The highest BCUT2D eigenvalue weighted by molar-refractivity contribution is 5.04.